The Morgan fingerprint density at radius 3 is 2.41 bits per heavy atom. The van der Waals surface area contributed by atoms with Gasteiger partial charge in [-0.15, -0.1) is 11.3 Å². The molecule has 0 N–H and O–H groups in total. The summed E-state index contributed by atoms with van der Waals surface area (Å²) in [6.07, 6.45) is 4.17. The van der Waals surface area contributed by atoms with E-state index in [0.717, 1.165) is 21.8 Å². The molecule has 0 saturated carbocycles. The van der Waals surface area contributed by atoms with E-state index in [-0.39, 0.29) is 0 Å². The van der Waals surface area contributed by atoms with Gasteiger partial charge < -0.3 is 4.74 Å². The summed E-state index contributed by atoms with van der Waals surface area (Å²) >= 11 is 1.73. The van der Waals surface area contributed by atoms with Crippen LogP contribution >= 0.6 is 11.3 Å². The van der Waals surface area contributed by atoms with E-state index in [4.69, 9.17) is 9.72 Å². The zero-order chi connectivity index (χ0) is 18.6. The first-order valence-electron chi connectivity index (χ1n) is 9.00. The van der Waals surface area contributed by atoms with Gasteiger partial charge >= 0.3 is 0 Å². The third-order valence-electron chi connectivity index (χ3n) is 4.57. The summed E-state index contributed by atoms with van der Waals surface area (Å²) in [5.74, 6) is 0.877. The molecule has 0 aliphatic carbocycles. The van der Waals surface area contributed by atoms with Gasteiger partial charge in [0.05, 0.1) is 10.2 Å². The van der Waals surface area contributed by atoms with Crippen molar-refractivity contribution in [2.45, 2.75) is 20.5 Å². The third-order valence-corrected chi connectivity index (χ3v) is 5.55. The molecule has 1 aromatic heterocycles. The van der Waals surface area contributed by atoms with Gasteiger partial charge in [0.2, 0.25) is 0 Å². The topological polar surface area (TPSA) is 22.1 Å². The summed E-state index contributed by atoms with van der Waals surface area (Å²) in [5.41, 5.74) is 5.98. The molecule has 0 saturated heterocycles. The summed E-state index contributed by atoms with van der Waals surface area (Å²) < 4.78 is 7.08. The summed E-state index contributed by atoms with van der Waals surface area (Å²) in [5, 5.41) is 1.03. The monoisotopic (exact) mass is 371 g/mol. The molecular weight excluding hydrogens is 350 g/mol. The Labute approximate surface area is 163 Å². The Bertz CT molecular complexity index is 1040. The minimum absolute atomic E-state index is 0.584. The second-order valence-electron chi connectivity index (χ2n) is 6.63. The second-order valence-corrected chi connectivity index (χ2v) is 7.70. The highest BCUT2D eigenvalue weighted by Gasteiger charge is 2.04. The first-order chi connectivity index (χ1) is 13.2. The molecule has 0 atom stereocenters. The number of aryl methyl sites for hydroxylation is 2. The second kappa shape index (κ2) is 7.77. The van der Waals surface area contributed by atoms with Gasteiger partial charge in [0.15, 0.2) is 0 Å². The average molecular weight is 372 g/mol. The molecule has 0 aliphatic heterocycles. The maximum Gasteiger partial charge on any atom is 0.119 e. The first kappa shape index (κ1) is 17.5. The van der Waals surface area contributed by atoms with Crippen LogP contribution in [0, 0.1) is 13.8 Å². The predicted octanol–water partition coefficient (Wildman–Crippen LogP) is 6.66. The molecule has 4 aromatic rings. The van der Waals surface area contributed by atoms with Crippen LogP contribution in [0.1, 0.15) is 27.3 Å². The van der Waals surface area contributed by atoms with Crippen LogP contribution in [0.15, 0.2) is 66.7 Å². The fourth-order valence-corrected chi connectivity index (χ4v) is 3.80. The molecule has 1 heterocycles. The number of rotatable bonds is 5. The maximum atomic E-state index is 5.84. The molecule has 0 bridgehead atoms. The van der Waals surface area contributed by atoms with Gasteiger partial charge in [0.25, 0.3) is 0 Å². The largest absolute Gasteiger partial charge is 0.489 e. The number of hydrogen-bond acceptors (Lipinski definition) is 3. The van der Waals surface area contributed by atoms with Gasteiger partial charge in [0.1, 0.15) is 17.4 Å². The molecule has 134 valence electrons. The van der Waals surface area contributed by atoms with Gasteiger partial charge in [-0.1, -0.05) is 48.5 Å². The summed E-state index contributed by atoms with van der Waals surface area (Å²) in [6.45, 7) is 4.86. The quantitative estimate of drug-likeness (QED) is 0.391. The van der Waals surface area contributed by atoms with Crippen molar-refractivity contribution in [2.24, 2.45) is 0 Å². The summed E-state index contributed by atoms with van der Waals surface area (Å²) in [4.78, 5) is 4.72. The van der Waals surface area contributed by atoms with Crippen molar-refractivity contribution in [1.29, 1.82) is 0 Å². The Morgan fingerprint density at radius 1 is 0.889 bits per heavy atom. The van der Waals surface area contributed by atoms with Crippen LogP contribution in [-0.2, 0) is 6.61 Å². The SMILES string of the molecule is Cc1cc2nc(C=Cc3ccc(OCc4ccccc4)cc3)sc2cc1C. The van der Waals surface area contributed by atoms with Gasteiger partial charge in [-0.05, 0) is 66.4 Å². The van der Waals surface area contributed by atoms with Crippen molar-refractivity contribution in [1.82, 2.24) is 4.98 Å². The highest BCUT2D eigenvalue weighted by Crippen LogP contribution is 2.26. The van der Waals surface area contributed by atoms with Crippen LogP contribution in [-0.4, -0.2) is 4.98 Å². The molecule has 2 nitrogen and oxygen atoms in total. The van der Waals surface area contributed by atoms with Gasteiger partial charge in [-0.3, -0.25) is 0 Å². The van der Waals surface area contributed by atoms with Crippen LogP contribution in [0.25, 0.3) is 22.4 Å². The van der Waals surface area contributed by atoms with E-state index in [9.17, 15) is 0 Å². The molecule has 0 radical (unpaired) electrons. The van der Waals surface area contributed by atoms with Crippen LogP contribution in [0.2, 0.25) is 0 Å². The standard InChI is InChI=1S/C24H21NOS/c1-17-14-22-23(15-18(17)2)27-24(25-22)13-10-19-8-11-21(12-9-19)26-16-20-6-4-3-5-7-20/h3-15H,16H2,1-2H3. The summed E-state index contributed by atoms with van der Waals surface area (Å²) in [6, 6.07) is 22.7. The lowest BCUT2D eigenvalue weighted by Gasteiger charge is -2.06. The van der Waals surface area contributed by atoms with Crippen molar-refractivity contribution < 1.29 is 4.74 Å². The van der Waals surface area contributed by atoms with Crippen LogP contribution in [0.5, 0.6) is 5.75 Å². The van der Waals surface area contributed by atoms with E-state index in [0.29, 0.717) is 6.61 Å². The molecule has 0 spiro atoms. The van der Waals surface area contributed by atoms with E-state index in [2.05, 4.69) is 62.4 Å². The minimum atomic E-state index is 0.584. The zero-order valence-corrected chi connectivity index (χ0v) is 16.3. The van der Waals surface area contributed by atoms with E-state index >= 15 is 0 Å². The molecule has 3 heteroatoms. The maximum absolute atomic E-state index is 5.84. The van der Waals surface area contributed by atoms with Gasteiger partial charge in [0, 0.05) is 0 Å². The van der Waals surface area contributed by atoms with Gasteiger partial charge in [-0.25, -0.2) is 4.98 Å². The Hall–Kier alpha value is -2.91. The Balaban J connectivity index is 1.43. The first-order valence-corrected chi connectivity index (χ1v) is 9.82. The molecule has 4 rings (SSSR count). The zero-order valence-electron chi connectivity index (χ0n) is 15.5. The fourth-order valence-electron chi connectivity index (χ4n) is 2.85. The lowest BCUT2D eigenvalue weighted by Crippen LogP contribution is -1.94. The molecule has 3 aromatic carbocycles. The van der Waals surface area contributed by atoms with Crippen molar-refractivity contribution in [3.8, 4) is 5.75 Å². The number of fused-ring (bicyclic) bond motifs is 1. The minimum Gasteiger partial charge on any atom is -0.489 e. The lowest BCUT2D eigenvalue weighted by molar-refractivity contribution is 0.306. The van der Waals surface area contributed by atoms with Crippen molar-refractivity contribution in [3.63, 3.8) is 0 Å². The van der Waals surface area contributed by atoms with Crippen molar-refractivity contribution in [3.05, 3.63) is 94.0 Å². The van der Waals surface area contributed by atoms with Gasteiger partial charge in [-0.2, -0.15) is 0 Å². The van der Waals surface area contributed by atoms with E-state index in [1.807, 2.05) is 30.3 Å². The molecule has 0 amide bonds. The predicted molar refractivity (Wildman–Crippen MR) is 115 cm³/mol. The lowest BCUT2D eigenvalue weighted by atomic mass is 10.1. The van der Waals surface area contributed by atoms with Crippen molar-refractivity contribution >= 4 is 33.7 Å². The number of thiazole rings is 1. The summed E-state index contributed by atoms with van der Waals surface area (Å²) in [7, 11) is 0. The smallest absolute Gasteiger partial charge is 0.119 e. The highest BCUT2D eigenvalue weighted by atomic mass is 32.1. The fraction of sp³-hybridized carbons (Fsp3) is 0.125. The molecule has 0 aliphatic rings. The molecule has 27 heavy (non-hydrogen) atoms. The van der Waals surface area contributed by atoms with Crippen LogP contribution < -0.4 is 4.74 Å². The Morgan fingerprint density at radius 2 is 1.63 bits per heavy atom. The van der Waals surface area contributed by atoms with Crippen LogP contribution in [0.4, 0.5) is 0 Å². The average Bonchev–Trinajstić information content (AvgIpc) is 3.08. The number of aromatic nitrogens is 1. The van der Waals surface area contributed by atoms with Crippen LogP contribution in [0.3, 0.4) is 0 Å². The number of hydrogen-bond donors (Lipinski definition) is 0. The Kier molecular flexibility index (Phi) is 5.03. The molecule has 0 unspecified atom stereocenters. The van der Waals surface area contributed by atoms with Crippen molar-refractivity contribution in [2.75, 3.05) is 0 Å². The van der Waals surface area contributed by atoms with E-state index in [1.54, 1.807) is 11.3 Å². The number of benzene rings is 3. The number of ether oxygens (including phenoxy) is 1. The highest BCUT2D eigenvalue weighted by molar-refractivity contribution is 7.19. The third kappa shape index (κ3) is 4.26. The molecular formula is C24H21NOS. The van der Waals surface area contributed by atoms with E-state index < -0.39 is 0 Å². The molecule has 0 fully saturated rings. The normalized spacial score (nSPS) is 11.3. The van der Waals surface area contributed by atoms with E-state index in [1.165, 1.54) is 21.4 Å². The number of nitrogens with zero attached hydrogens (tertiary/aromatic N) is 1.